The number of guanidine groups is 1. The van der Waals surface area contributed by atoms with Gasteiger partial charge in [-0.3, -0.25) is 9.89 Å². The Morgan fingerprint density at radius 2 is 1.96 bits per heavy atom. The Bertz CT molecular complexity index is 665. The summed E-state index contributed by atoms with van der Waals surface area (Å²) in [5, 5.41) is 14.5. The van der Waals surface area contributed by atoms with Crippen LogP contribution < -0.4 is 10.6 Å². The van der Waals surface area contributed by atoms with Crippen LogP contribution in [0.1, 0.15) is 55.9 Å². The Labute approximate surface area is 188 Å². The van der Waals surface area contributed by atoms with Crippen molar-refractivity contribution in [2.24, 2.45) is 4.99 Å². The van der Waals surface area contributed by atoms with Crippen LogP contribution in [0, 0.1) is 0 Å². The molecule has 152 valence electrons. The van der Waals surface area contributed by atoms with E-state index in [9.17, 15) is 0 Å². The van der Waals surface area contributed by atoms with Crippen molar-refractivity contribution in [3.05, 3.63) is 38.5 Å². The minimum atomic E-state index is 0. The van der Waals surface area contributed by atoms with E-state index in [4.69, 9.17) is 0 Å². The zero-order valence-corrected chi connectivity index (χ0v) is 20.8. The molecule has 0 radical (unpaired) electrons. The number of likely N-dealkylation sites (N-methyl/N-ethyl adjacent to an activating group) is 1. The van der Waals surface area contributed by atoms with Crippen molar-refractivity contribution in [2.75, 3.05) is 26.7 Å². The van der Waals surface area contributed by atoms with E-state index in [1.54, 1.807) is 22.7 Å². The zero-order chi connectivity index (χ0) is 18.9. The Kier molecular flexibility index (Phi) is 11.4. The molecule has 8 heteroatoms. The molecule has 0 bridgehead atoms. The second kappa shape index (κ2) is 12.7. The number of aliphatic imine (C=N–C) groups is 1. The van der Waals surface area contributed by atoms with Gasteiger partial charge < -0.3 is 10.6 Å². The van der Waals surface area contributed by atoms with Crippen molar-refractivity contribution in [2.45, 2.75) is 46.2 Å². The Balaban J connectivity index is 0.00000364. The first kappa shape index (κ1) is 24.3. The average Bonchev–Trinajstić information content (AvgIpc) is 3.32. The van der Waals surface area contributed by atoms with Gasteiger partial charge in [-0.15, -0.1) is 35.3 Å². The number of rotatable bonds is 9. The number of aromatic nitrogens is 1. The van der Waals surface area contributed by atoms with Gasteiger partial charge in [0.05, 0.1) is 18.3 Å². The fourth-order valence-electron chi connectivity index (χ4n) is 2.83. The Morgan fingerprint density at radius 3 is 2.48 bits per heavy atom. The molecular weight excluding hydrogens is 489 g/mol. The van der Waals surface area contributed by atoms with E-state index < -0.39 is 0 Å². The van der Waals surface area contributed by atoms with Crippen molar-refractivity contribution >= 4 is 52.6 Å². The van der Waals surface area contributed by atoms with Gasteiger partial charge in [0, 0.05) is 19.0 Å². The topological polar surface area (TPSA) is 52.5 Å². The number of hydrogen-bond acceptors (Lipinski definition) is 5. The first-order valence-electron chi connectivity index (χ1n) is 9.23. The Hall–Kier alpha value is -0.710. The lowest BCUT2D eigenvalue weighted by Gasteiger charge is -2.30. The van der Waals surface area contributed by atoms with Gasteiger partial charge in [-0.1, -0.05) is 27.7 Å². The van der Waals surface area contributed by atoms with Crippen LogP contribution in [0.2, 0.25) is 0 Å². The number of nitrogens with one attached hydrogen (secondary N) is 2. The van der Waals surface area contributed by atoms with Crippen LogP contribution >= 0.6 is 46.7 Å². The van der Waals surface area contributed by atoms with E-state index in [0.29, 0.717) is 18.5 Å². The minimum absolute atomic E-state index is 0. The van der Waals surface area contributed by atoms with E-state index in [1.807, 2.05) is 7.05 Å². The van der Waals surface area contributed by atoms with Crippen LogP contribution in [-0.2, 0) is 6.54 Å². The molecule has 2 heterocycles. The van der Waals surface area contributed by atoms with Crippen LogP contribution in [0.4, 0.5) is 0 Å². The molecule has 0 fully saturated rings. The third-order valence-electron chi connectivity index (χ3n) is 4.44. The summed E-state index contributed by atoms with van der Waals surface area (Å²) in [6, 6.07) is 2.57. The molecule has 0 amide bonds. The van der Waals surface area contributed by atoms with Crippen molar-refractivity contribution in [3.63, 3.8) is 0 Å². The number of nitrogens with zero attached hydrogens (tertiary/aromatic N) is 3. The smallest absolute Gasteiger partial charge is 0.191 e. The van der Waals surface area contributed by atoms with Crippen molar-refractivity contribution in [1.82, 2.24) is 20.5 Å². The van der Waals surface area contributed by atoms with Crippen LogP contribution in [0.3, 0.4) is 0 Å². The first-order chi connectivity index (χ1) is 12.6. The lowest BCUT2D eigenvalue weighted by Crippen LogP contribution is -2.42. The second-order valence-corrected chi connectivity index (χ2v) is 8.14. The molecule has 2 aromatic rings. The molecule has 1 atom stereocenters. The summed E-state index contributed by atoms with van der Waals surface area (Å²) in [4.78, 5) is 11.5. The third-order valence-corrected chi connectivity index (χ3v) is 6.00. The fourth-order valence-corrected chi connectivity index (χ4v) is 4.43. The van der Waals surface area contributed by atoms with Crippen molar-refractivity contribution in [3.8, 4) is 0 Å². The monoisotopic (exact) mass is 521 g/mol. The molecule has 0 aromatic carbocycles. The highest BCUT2D eigenvalue weighted by Gasteiger charge is 2.18. The lowest BCUT2D eigenvalue weighted by molar-refractivity contribution is 0.219. The van der Waals surface area contributed by atoms with Crippen molar-refractivity contribution in [1.29, 1.82) is 0 Å². The maximum atomic E-state index is 4.67. The summed E-state index contributed by atoms with van der Waals surface area (Å²) in [6.07, 6.45) is 0. The molecule has 0 aliphatic heterocycles. The van der Waals surface area contributed by atoms with Crippen LogP contribution in [-0.4, -0.2) is 42.5 Å². The van der Waals surface area contributed by atoms with Crippen LogP contribution in [0.15, 0.2) is 27.2 Å². The van der Waals surface area contributed by atoms with Gasteiger partial charge in [-0.25, -0.2) is 4.98 Å². The van der Waals surface area contributed by atoms with Gasteiger partial charge in [0.2, 0.25) is 0 Å². The van der Waals surface area contributed by atoms with E-state index in [2.05, 4.69) is 75.4 Å². The lowest BCUT2D eigenvalue weighted by atomic mass is 10.1. The van der Waals surface area contributed by atoms with Gasteiger partial charge >= 0.3 is 0 Å². The largest absolute Gasteiger partial charge is 0.354 e. The molecule has 27 heavy (non-hydrogen) atoms. The summed E-state index contributed by atoms with van der Waals surface area (Å²) in [5.74, 6) is 1.29. The molecule has 5 nitrogen and oxygen atoms in total. The quantitative estimate of drug-likeness (QED) is 0.286. The Morgan fingerprint density at radius 1 is 1.22 bits per heavy atom. The summed E-state index contributed by atoms with van der Waals surface area (Å²) in [6.45, 7) is 12.4. The molecule has 0 saturated heterocycles. The van der Waals surface area contributed by atoms with Gasteiger partial charge in [0.1, 0.15) is 5.01 Å². The normalized spacial score (nSPS) is 12.9. The van der Waals surface area contributed by atoms with Gasteiger partial charge in [0.25, 0.3) is 0 Å². The molecular formula is C19H32IN5S2. The summed E-state index contributed by atoms with van der Waals surface area (Å²) in [5.41, 5.74) is 2.52. The molecule has 0 saturated carbocycles. The fraction of sp³-hybridized carbons (Fsp3) is 0.579. The standard InChI is InChI=1S/C19H31N5S2.HI/c1-6-24(7-2)17(15-8-9-25-12-15)10-21-19(20-5)22-11-18-23-16(13-26-18)14(3)4;/h8-9,12-14,17H,6-7,10-11H2,1-5H3,(H2,20,21,22);1H. The number of halogens is 1. The summed E-state index contributed by atoms with van der Waals surface area (Å²) in [7, 11) is 1.81. The molecule has 2 rings (SSSR count). The molecule has 0 aliphatic carbocycles. The van der Waals surface area contributed by atoms with Gasteiger partial charge in [-0.2, -0.15) is 11.3 Å². The highest BCUT2D eigenvalue weighted by Crippen LogP contribution is 2.22. The van der Waals surface area contributed by atoms with Crippen LogP contribution in [0.5, 0.6) is 0 Å². The van der Waals surface area contributed by atoms with E-state index in [-0.39, 0.29) is 24.0 Å². The number of thiophene rings is 1. The highest BCUT2D eigenvalue weighted by atomic mass is 127. The minimum Gasteiger partial charge on any atom is -0.354 e. The van der Waals surface area contributed by atoms with Gasteiger partial charge in [0.15, 0.2) is 5.96 Å². The number of thiazole rings is 1. The van der Waals surface area contributed by atoms with E-state index in [0.717, 1.165) is 36.3 Å². The highest BCUT2D eigenvalue weighted by molar-refractivity contribution is 14.0. The second-order valence-electron chi connectivity index (χ2n) is 6.42. The SMILES string of the molecule is CCN(CC)C(CNC(=NC)NCc1nc(C(C)C)cs1)c1ccsc1.I. The third kappa shape index (κ3) is 7.32. The maximum absolute atomic E-state index is 4.67. The molecule has 0 spiro atoms. The number of hydrogen-bond donors (Lipinski definition) is 2. The van der Waals surface area contributed by atoms with Gasteiger partial charge in [-0.05, 0) is 41.4 Å². The average molecular weight is 522 g/mol. The molecule has 2 aromatic heterocycles. The summed E-state index contributed by atoms with van der Waals surface area (Å²) >= 11 is 3.45. The summed E-state index contributed by atoms with van der Waals surface area (Å²) < 4.78 is 0. The molecule has 0 aliphatic rings. The maximum Gasteiger partial charge on any atom is 0.191 e. The van der Waals surface area contributed by atoms with Crippen molar-refractivity contribution < 1.29 is 0 Å². The zero-order valence-electron chi connectivity index (χ0n) is 16.9. The van der Waals surface area contributed by atoms with E-state index in [1.165, 1.54) is 5.56 Å². The van der Waals surface area contributed by atoms with Crippen LogP contribution in [0.25, 0.3) is 0 Å². The predicted molar refractivity (Wildman–Crippen MR) is 130 cm³/mol. The predicted octanol–water partition coefficient (Wildman–Crippen LogP) is 4.69. The molecule has 1 unspecified atom stereocenters. The van der Waals surface area contributed by atoms with E-state index >= 15 is 0 Å². The molecule has 2 N–H and O–H groups in total. The first-order valence-corrected chi connectivity index (χ1v) is 11.1.